The van der Waals surface area contributed by atoms with Crippen molar-refractivity contribution >= 4 is 0 Å². The molecule has 0 aliphatic carbocycles. The zero-order chi connectivity index (χ0) is 8.10. The molecule has 62 valence electrons. The third kappa shape index (κ3) is 2.87. The van der Waals surface area contributed by atoms with Crippen molar-refractivity contribution in [1.82, 2.24) is 4.90 Å². The van der Waals surface area contributed by atoms with Crippen LogP contribution in [0.15, 0.2) is 0 Å². The van der Waals surface area contributed by atoms with Gasteiger partial charge < -0.3 is 10.6 Å². The van der Waals surface area contributed by atoms with Gasteiger partial charge in [0.2, 0.25) is 0 Å². The van der Waals surface area contributed by atoms with Crippen LogP contribution in [0.25, 0.3) is 0 Å². The van der Waals surface area contributed by atoms with E-state index in [2.05, 4.69) is 11.0 Å². The zero-order valence-electron chi connectivity index (χ0n) is 6.79. The smallest absolute Gasteiger partial charge is 0.0621 e. The van der Waals surface area contributed by atoms with Crippen LogP contribution in [0.3, 0.4) is 0 Å². The van der Waals surface area contributed by atoms with Crippen LogP contribution in [0.5, 0.6) is 0 Å². The Hall–Kier alpha value is -0.590. The van der Waals surface area contributed by atoms with Gasteiger partial charge in [0.15, 0.2) is 0 Å². The first kappa shape index (κ1) is 8.51. The van der Waals surface area contributed by atoms with Crippen LogP contribution in [-0.2, 0) is 0 Å². The lowest BCUT2D eigenvalue weighted by molar-refractivity contribution is 0.148. The highest BCUT2D eigenvalue weighted by Crippen LogP contribution is 2.06. The van der Waals surface area contributed by atoms with E-state index in [0.717, 1.165) is 32.5 Å². The van der Waals surface area contributed by atoms with E-state index in [1.54, 1.807) is 0 Å². The summed E-state index contributed by atoms with van der Waals surface area (Å²) in [6.07, 6.45) is 2.86. The van der Waals surface area contributed by atoms with Crippen molar-refractivity contribution in [2.75, 3.05) is 19.6 Å². The number of likely N-dealkylation sites (tertiary alicyclic amines) is 1. The number of hydrogen-bond acceptors (Lipinski definition) is 3. The Morgan fingerprint density at radius 3 is 2.73 bits per heavy atom. The molecule has 1 aliphatic heterocycles. The van der Waals surface area contributed by atoms with Gasteiger partial charge in [-0.3, -0.25) is 0 Å². The predicted molar refractivity (Wildman–Crippen MR) is 43.9 cm³/mol. The molecular formula is C8H15N3. The number of unbranched alkanes of at least 4 members (excludes halogenated alkanes) is 2. The summed E-state index contributed by atoms with van der Waals surface area (Å²) in [5.41, 5.74) is 5.61. The fourth-order valence-corrected chi connectivity index (χ4v) is 1.33. The number of nitrogens with two attached hydrogens (primary N) is 1. The monoisotopic (exact) mass is 153 g/mol. The fourth-order valence-electron chi connectivity index (χ4n) is 1.33. The topological polar surface area (TPSA) is 53.0 Å². The Morgan fingerprint density at radius 1 is 1.45 bits per heavy atom. The first-order valence-electron chi connectivity index (χ1n) is 4.18. The van der Waals surface area contributed by atoms with Gasteiger partial charge in [-0.2, -0.15) is 5.26 Å². The van der Waals surface area contributed by atoms with Crippen molar-refractivity contribution in [1.29, 1.82) is 5.26 Å². The molecule has 0 spiro atoms. The molecule has 1 aliphatic rings. The van der Waals surface area contributed by atoms with Crippen LogP contribution in [0.2, 0.25) is 0 Å². The Morgan fingerprint density at radius 2 is 2.18 bits per heavy atom. The highest BCUT2D eigenvalue weighted by Gasteiger charge is 2.21. The molecule has 0 aromatic rings. The van der Waals surface area contributed by atoms with Gasteiger partial charge >= 0.3 is 0 Å². The molecule has 1 saturated heterocycles. The summed E-state index contributed by atoms with van der Waals surface area (Å²) in [6, 6.07) is 2.55. The summed E-state index contributed by atoms with van der Waals surface area (Å²) in [7, 11) is 0. The number of rotatable bonds is 4. The molecule has 11 heavy (non-hydrogen) atoms. The second-order valence-corrected chi connectivity index (χ2v) is 3.13. The molecule has 0 saturated carbocycles. The third-order valence-electron chi connectivity index (χ3n) is 2.00. The van der Waals surface area contributed by atoms with Gasteiger partial charge in [-0.15, -0.1) is 0 Å². The summed E-state index contributed by atoms with van der Waals surface area (Å²) in [5.74, 6) is 0. The average molecular weight is 153 g/mol. The largest absolute Gasteiger partial charge is 0.325 e. The van der Waals surface area contributed by atoms with E-state index in [1.165, 1.54) is 0 Å². The van der Waals surface area contributed by atoms with E-state index in [-0.39, 0.29) is 0 Å². The molecule has 2 N–H and O–H groups in total. The third-order valence-corrected chi connectivity index (χ3v) is 2.00. The molecule has 0 bridgehead atoms. The number of nitriles is 1. The zero-order valence-corrected chi connectivity index (χ0v) is 6.79. The average Bonchev–Trinajstić information content (AvgIpc) is 1.94. The number of nitrogens with zero attached hydrogens (tertiary/aromatic N) is 2. The number of hydrogen-bond donors (Lipinski definition) is 1. The van der Waals surface area contributed by atoms with Gasteiger partial charge in [0, 0.05) is 25.6 Å². The Balaban J connectivity index is 1.86. The van der Waals surface area contributed by atoms with E-state index in [1.807, 2.05) is 0 Å². The standard InChI is InChI=1S/C8H15N3/c9-4-2-1-3-5-11-6-8(10)7-11/h8H,1-3,5-7,10H2. The molecule has 1 heterocycles. The van der Waals surface area contributed by atoms with Crippen LogP contribution in [0, 0.1) is 11.3 Å². The SMILES string of the molecule is N#CCCCCN1CC(N)C1. The minimum absolute atomic E-state index is 0.408. The minimum Gasteiger partial charge on any atom is -0.325 e. The maximum Gasteiger partial charge on any atom is 0.0621 e. The quantitative estimate of drug-likeness (QED) is 0.592. The molecular weight excluding hydrogens is 138 g/mol. The second kappa shape index (κ2) is 4.32. The first-order chi connectivity index (χ1) is 5.33. The second-order valence-electron chi connectivity index (χ2n) is 3.13. The van der Waals surface area contributed by atoms with Crippen molar-refractivity contribution in [3.05, 3.63) is 0 Å². The predicted octanol–water partition coefficient (Wildman–Crippen LogP) is 0.323. The fraction of sp³-hybridized carbons (Fsp3) is 0.875. The van der Waals surface area contributed by atoms with E-state index in [4.69, 9.17) is 11.0 Å². The Kier molecular flexibility index (Phi) is 3.34. The Bertz CT molecular complexity index is 144. The first-order valence-corrected chi connectivity index (χ1v) is 4.18. The van der Waals surface area contributed by atoms with Gasteiger partial charge in [0.1, 0.15) is 0 Å². The van der Waals surface area contributed by atoms with Crippen molar-refractivity contribution in [3.8, 4) is 6.07 Å². The summed E-state index contributed by atoms with van der Waals surface area (Å²) < 4.78 is 0. The molecule has 0 unspecified atom stereocenters. The van der Waals surface area contributed by atoms with Crippen LogP contribution in [-0.4, -0.2) is 30.6 Å². The minimum atomic E-state index is 0.408. The molecule has 0 amide bonds. The molecule has 0 aromatic carbocycles. The van der Waals surface area contributed by atoms with Gasteiger partial charge in [0.25, 0.3) is 0 Å². The van der Waals surface area contributed by atoms with E-state index in [9.17, 15) is 0 Å². The van der Waals surface area contributed by atoms with Crippen molar-refractivity contribution in [2.45, 2.75) is 25.3 Å². The maximum absolute atomic E-state index is 8.26. The highest BCUT2D eigenvalue weighted by molar-refractivity contribution is 4.82. The lowest BCUT2D eigenvalue weighted by Crippen LogP contribution is -2.55. The van der Waals surface area contributed by atoms with E-state index >= 15 is 0 Å². The van der Waals surface area contributed by atoms with Crippen molar-refractivity contribution in [3.63, 3.8) is 0 Å². The molecule has 1 rings (SSSR count). The summed E-state index contributed by atoms with van der Waals surface area (Å²) in [6.45, 7) is 3.22. The molecule has 0 aromatic heterocycles. The van der Waals surface area contributed by atoms with Crippen LogP contribution in [0.1, 0.15) is 19.3 Å². The highest BCUT2D eigenvalue weighted by atomic mass is 15.2. The molecule has 3 heteroatoms. The Labute approximate surface area is 67.8 Å². The van der Waals surface area contributed by atoms with Crippen LogP contribution in [0.4, 0.5) is 0 Å². The van der Waals surface area contributed by atoms with Gasteiger partial charge in [0.05, 0.1) is 6.07 Å². The maximum atomic E-state index is 8.26. The summed E-state index contributed by atoms with van der Waals surface area (Å²) >= 11 is 0. The molecule has 3 nitrogen and oxygen atoms in total. The van der Waals surface area contributed by atoms with Gasteiger partial charge in [-0.25, -0.2) is 0 Å². The van der Waals surface area contributed by atoms with Crippen LogP contribution < -0.4 is 5.73 Å². The molecule has 0 atom stereocenters. The summed E-state index contributed by atoms with van der Waals surface area (Å²) in [5, 5.41) is 8.26. The lowest BCUT2D eigenvalue weighted by Gasteiger charge is -2.36. The van der Waals surface area contributed by atoms with Gasteiger partial charge in [-0.05, 0) is 19.4 Å². The molecule has 1 fully saturated rings. The van der Waals surface area contributed by atoms with Crippen molar-refractivity contribution < 1.29 is 0 Å². The van der Waals surface area contributed by atoms with Crippen LogP contribution >= 0.6 is 0 Å². The van der Waals surface area contributed by atoms with E-state index in [0.29, 0.717) is 12.5 Å². The van der Waals surface area contributed by atoms with E-state index < -0.39 is 0 Å². The molecule has 0 radical (unpaired) electrons. The summed E-state index contributed by atoms with van der Waals surface area (Å²) in [4.78, 5) is 2.34. The lowest BCUT2D eigenvalue weighted by atomic mass is 10.1. The normalized spacial score (nSPS) is 19.3. The van der Waals surface area contributed by atoms with Gasteiger partial charge in [-0.1, -0.05) is 0 Å². The van der Waals surface area contributed by atoms with Crippen molar-refractivity contribution in [2.24, 2.45) is 5.73 Å².